The van der Waals surface area contributed by atoms with E-state index >= 15 is 0 Å². The summed E-state index contributed by atoms with van der Waals surface area (Å²) in [7, 11) is 0. The molecule has 1 rings (SSSR count). The van der Waals surface area contributed by atoms with Crippen LogP contribution in [-0.4, -0.2) is 10.8 Å². The Morgan fingerprint density at radius 2 is 2.08 bits per heavy atom. The number of carbonyl (C=O) groups excluding carboxylic acids is 1. The third-order valence-corrected chi connectivity index (χ3v) is 1.87. The quantitative estimate of drug-likeness (QED) is 0.701. The summed E-state index contributed by atoms with van der Waals surface area (Å²) in [5, 5.41) is 0. The fourth-order valence-corrected chi connectivity index (χ4v) is 1.32. The molecule has 13 heavy (non-hydrogen) atoms. The molecule has 0 spiro atoms. The second-order valence-corrected chi connectivity index (χ2v) is 3.17. The number of hydrogen-bond donors (Lipinski definition) is 1. The molecule has 0 saturated carbocycles. The zero-order chi connectivity index (χ0) is 10.2. The van der Waals surface area contributed by atoms with Crippen LogP contribution < -0.4 is 11.4 Å². The van der Waals surface area contributed by atoms with Crippen LogP contribution >= 0.6 is 0 Å². The Balaban J connectivity index is 3.39. The molecule has 5 nitrogen and oxygen atoms in total. The van der Waals surface area contributed by atoms with Crippen LogP contribution in [0.25, 0.3) is 0 Å². The van der Waals surface area contributed by atoms with Crippen molar-refractivity contribution in [3.05, 3.63) is 21.7 Å². The average Bonchev–Trinajstić information content (AvgIpc) is 2.26. The van der Waals surface area contributed by atoms with Gasteiger partial charge in [0, 0.05) is 0 Å². The molecule has 1 amide bonds. The average molecular weight is 184 g/mol. The lowest BCUT2D eigenvalue weighted by molar-refractivity contribution is 0.214. The van der Waals surface area contributed by atoms with Crippen molar-refractivity contribution in [2.45, 2.75) is 26.7 Å². The highest BCUT2D eigenvalue weighted by molar-refractivity contribution is 5.74. The third-order valence-electron chi connectivity index (χ3n) is 1.87. The first-order valence-corrected chi connectivity index (χ1v) is 3.97. The van der Waals surface area contributed by atoms with Crippen molar-refractivity contribution in [2.75, 3.05) is 0 Å². The molecule has 0 radical (unpaired) electrons. The van der Waals surface area contributed by atoms with E-state index in [2.05, 4.69) is 4.52 Å². The first-order valence-electron chi connectivity index (χ1n) is 3.97. The minimum Gasteiger partial charge on any atom is -0.349 e. The predicted octanol–water partition coefficient (Wildman–Crippen LogP) is 0.800. The summed E-state index contributed by atoms with van der Waals surface area (Å²) in [4.78, 5) is 22.0. The Bertz CT molecular complexity index is 387. The lowest BCUT2D eigenvalue weighted by Crippen LogP contribution is -2.20. The van der Waals surface area contributed by atoms with Crippen molar-refractivity contribution in [1.82, 2.24) is 4.74 Å². The summed E-state index contributed by atoms with van der Waals surface area (Å²) in [6, 6.07) is -0.776. The van der Waals surface area contributed by atoms with Gasteiger partial charge in [-0.1, -0.05) is 13.8 Å². The number of hydrogen-bond acceptors (Lipinski definition) is 3. The number of nitrogens with two attached hydrogens (primary N) is 1. The Morgan fingerprint density at radius 1 is 1.54 bits per heavy atom. The van der Waals surface area contributed by atoms with Gasteiger partial charge in [-0.15, -0.1) is 4.74 Å². The van der Waals surface area contributed by atoms with Gasteiger partial charge in [0.15, 0.2) is 0 Å². The summed E-state index contributed by atoms with van der Waals surface area (Å²) >= 11 is 0. The summed E-state index contributed by atoms with van der Waals surface area (Å²) in [6.45, 7) is 5.33. The van der Waals surface area contributed by atoms with Gasteiger partial charge < -0.3 is 10.3 Å². The van der Waals surface area contributed by atoms with E-state index < -0.39 is 11.7 Å². The van der Waals surface area contributed by atoms with Crippen LogP contribution in [0.5, 0.6) is 0 Å². The number of nitrogens with zero attached hydrogens (tertiary/aromatic N) is 1. The first-order chi connectivity index (χ1) is 5.95. The zero-order valence-corrected chi connectivity index (χ0v) is 7.83. The molecule has 1 aromatic rings. The summed E-state index contributed by atoms with van der Waals surface area (Å²) in [6.07, 6.45) is 0. The van der Waals surface area contributed by atoms with Crippen LogP contribution in [-0.2, 0) is 0 Å². The molecular formula is C8H12N2O3. The molecule has 0 fully saturated rings. The number of carbonyl (C=O) groups is 1. The molecule has 0 saturated heterocycles. The third kappa shape index (κ3) is 1.49. The van der Waals surface area contributed by atoms with Gasteiger partial charge in [0.2, 0.25) is 0 Å². The molecule has 0 aliphatic rings. The van der Waals surface area contributed by atoms with Gasteiger partial charge in [0.25, 0.3) is 0 Å². The van der Waals surface area contributed by atoms with Gasteiger partial charge >= 0.3 is 11.7 Å². The van der Waals surface area contributed by atoms with E-state index in [-0.39, 0.29) is 5.92 Å². The Morgan fingerprint density at radius 3 is 2.31 bits per heavy atom. The van der Waals surface area contributed by atoms with Crippen molar-refractivity contribution in [2.24, 2.45) is 5.73 Å². The Hall–Kier alpha value is -1.52. The summed E-state index contributed by atoms with van der Waals surface area (Å²) in [5.74, 6) is 0.0249. The molecule has 1 aromatic heterocycles. The second kappa shape index (κ2) is 3.08. The number of aromatic nitrogens is 1. The van der Waals surface area contributed by atoms with Gasteiger partial charge in [0.05, 0.1) is 11.3 Å². The second-order valence-electron chi connectivity index (χ2n) is 3.17. The minimum absolute atomic E-state index is 0.0249. The number of rotatable bonds is 1. The molecule has 2 N–H and O–H groups in total. The van der Waals surface area contributed by atoms with E-state index in [0.717, 1.165) is 4.74 Å². The standard InChI is InChI=1S/C8H12N2O3/c1-4(2)6-5(3)10(8(9)12)13-7(6)11/h4H,1-3H3,(H2,9,12). The summed E-state index contributed by atoms with van der Waals surface area (Å²) < 4.78 is 5.47. The molecule has 0 aromatic carbocycles. The predicted molar refractivity (Wildman–Crippen MR) is 46.8 cm³/mol. The maximum Gasteiger partial charge on any atom is 0.361 e. The number of primary amides is 1. The van der Waals surface area contributed by atoms with E-state index in [1.54, 1.807) is 6.92 Å². The lowest BCUT2D eigenvalue weighted by Gasteiger charge is -2.00. The number of amides is 1. The van der Waals surface area contributed by atoms with Crippen LogP contribution in [0.15, 0.2) is 9.32 Å². The highest BCUT2D eigenvalue weighted by atomic mass is 16.5. The molecule has 0 atom stereocenters. The first kappa shape index (κ1) is 9.57. The maximum absolute atomic E-state index is 11.2. The highest BCUT2D eigenvalue weighted by Gasteiger charge is 2.18. The van der Waals surface area contributed by atoms with Crippen molar-refractivity contribution in [3.63, 3.8) is 0 Å². The largest absolute Gasteiger partial charge is 0.361 e. The van der Waals surface area contributed by atoms with Crippen LogP contribution in [0, 0.1) is 6.92 Å². The van der Waals surface area contributed by atoms with Crippen LogP contribution in [0.2, 0.25) is 0 Å². The van der Waals surface area contributed by atoms with Crippen LogP contribution in [0.1, 0.15) is 31.0 Å². The van der Waals surface area contributed by atoms with Crippen molar-refractivity contribution < 1.29 is 9.32 Å². The topological polar surface area (TPSA) is 78.2 Å². The van der Waals surface area contributed by atoms with E-state index in [9.17, 15) is 9.59 Å². The van der Waals surface area contributed by atoms with Gasteiger partial charge in [0.1, 0.15) is 0 Å². The Labute approximate surface area is 75.1 Å². The van der Waals surface area contributed by atoms with E-state index in [4.69, 9.17) is 5.73 Å². The molecule has 5 heteroatoms. The van der Waals surface area contributed by atoms with E-state index in [1.165, 1.54) is 0 Å². The highest BCUT2D eigenvalue weighted by Crippen LogP contribution is 2.14. The van der Waals surface area contributed by atoms with Crippen molar-refractivity contribution >= 4 is 6.03 Å². The fourth-order valence-electron chi connectivity index (χ4n) is 1.32. The molecule has 72 valence electrons. The van der Waals surface area contributed by atoms with Crippen LogP contribution in [0.4, 0.5) is 4.79 Å². The van der Waals surface area contributed by atoms with Gasteiger partial charge in [-0.25, -0.2) is 9.59 Å². The normalized spacial score (nSPS) is 10.8. The minimum atomic E-state index is -0.776. The SMILES string of the molecule is Cc1c(C(C)C)c(=O)on1C(N)=O. The molecule has 0 aliphatic heterocycles. The molecular weight excluding hydrogens is 172 g/mol. The van der Waals surface area contributed by atoms with Gasteiger partial charge in [-0.2, -0.15) is 0 Å². The van der Waals surface area contributed by atoms with Gasteiger partial charge in [-0.05, 0) is 12.8 Å². The lowest BCUT2D eigenvalue weighted by atomic mass is 10.1. The molecule has 0 bridgehead atoms. The van der Waals surface area contributed by atoms with Crippen molar-refractivity contribution in [3.8, 4) is 0 Å². The van der Waals surface area contributed by atoms with Crippen LogP contribution in [0.3, 0.4) is 0 Å². The fraction of sp³-hybridized carbons (Fsp3) is 0.500. The smallest absolute Gasteiger partial charge is 0.349 e. The maximum atomic E-state index is 11.2. The van der Waals surface area contributed by atoms with E-state index in [1.807, 2.05) is 13.8 Å². The molecule has 1 heterocycles. The molecule has 0 unspecified atom stereocenters. The summed E-state index contributed by atoms with van der Waals surface area (Å²) in [5.41, 5.74) is 5.47. The van der Waals surface area contributed by atoms with Crippen molar-refractivity contribution in [1.29, 1.82) is 0 Å². The zero-order valence-electron chi connectivity index (χ0n) is 7.83. The van der Waals surface area contributed by atoms with Gasteiger partial charge in [-0.3, -0.25) is 0 Å². The monoisotopic (exact) mass is 184 g/mol. The Kier molecular flexibility index (Phi) is 2.27. The molecule has 0 aliphatic carbocycles. The van der Waals surface area contributed by atoms with E-state index in [0.29, 0.717) is 11.3 Å².